The molecule has 0 unspecified atom stereocenters. The van der Waals surface area contributed by atoms with Crippen LogP contribution in [0.4, 0.5) is 5.69 Å². The first kappa shape index (κ1) is 22.4. The number of carbonyl (C=O) groups excluding carboxylic acids is 1. The van der Waals surface area contributed by atoms with Gasteiger partial charge in [-0.1, -0.05) is 36.4 Å². The first-order valence-corrected chi connectivity index (χ1v) is 10.8. The molecule has 1 N–H and O–H groups in total. The zero-order chi connectivity index (χ0) is 23.9. The van der Waals surface area contributed by atoms with Crippen LogP contribution < -0.4 is 10.1 Å². The van der Waals surface area contributed by atoms with Gasteiger partial charge >= 0.3 is 0 Å². The number of hydrogen-bond acceptors (Lipinski definition) is 4. The minimum atomic E-state index is -0.488. The van der Waals surface area contributed by atoms with E-state index in [2.05, 4.69) is 11.4 Å². The summed E-state index contributed by atoms with van der Waals surface area (Å²) < 4.78 is 7.44. The van der Waals surface area contributed by atoms with Crippen LogP contribution in [0.2, 0.25) is 0 Å². The van der Waals surface area contributed by atoms with Crippen LogP contribution in [-0.2, 0) is 11.3 Å². The number of nitrogens with zero attached hydrogens (tertiary/aromatic N) is 3. The molecule has 0 fully saturated rings. The largest absolute Gasteiger partial charge is 0.494 e. The monoisotopic (exact) mass is 446 g/mol. The number of carbonyl (C=O) groups is 1. The Morgan fingerprint density at radius 2 is 1.76 bits per heavy atom. The van der Waals surface area contributed by atoms with Gasteiger partial charge in [0.25, 0.3) is 5.91 Å². The Bertz CT molecular complexity index is 1450. The highest BCUT2D eigenvalue weighted by molar-refractivity contribution is 6.10. The predicted octanol–water partition coefficient (Wildman–Crippen LogP) is 5.51. The smallest absolute Gasteiger partial charge is 0.266 e. The van der Waals surface area contributed by atoms with Crippen molar-refractivity contribution in [3.8, 4) is 17.9 Å². The number of fused-ring (bicyclic) bond motifs is 1. The Morgan fingerprint density at radius 3 is 2.50 bits per heavy atom. The first-order chi connectivity index (χ1) is 16.6. The van der Waals surface area contributed by atoms with Crippen molar-refractivity contribution in [2.24, 2.45) is 0 Å². The van der Waals surface area contributed by atoms with Crippen molar-refractivity contribution in [2.45, 2.75) is 13.5 Å². The predicted molar refractivity (Wildman–Crippen MR) is 132 cm³/mol. The average molecular weight is 447 g/mol. The molecule has 0 saturated heterocycles. The molecular weight excluding hydrogens is 424 g/mol. The van der Waals surface area contributed by atoms with E-state index in [1.807, 2.05) is 66.2 Å². The highest BCUT2D eigenvalue weighted by Gasteiger charge is 2.14. The molecule has 166 valence electrons. The van der Waals surface area contributed by atoms with Gasteiger partial charge in [0.05, 0.1) is 18.2 Å². The molecule has 0 aliphatic heterocycles. The molecule has 1 aromatic heterocycles. The van der Waals surface area contributed by atoms with E-state index in [1.165, 1.54) is 0 Å². The second-order valence-electron chi connectivity index (χ2n) is 7.58. The van der Waals surface area contributed by atoms with E-state index in [1.54, 1.807) is 36.4 Å². The minimum absolute atomic E-state index is 0.00536. The van der Waals surface area contributed by atoms with Crippen LogP contribution in [0.15, 0.2) is 84.6 Å². The molecule has 0 aliphatic rings. The van der Waals surface area contributed by atoms with E-state index in [-0.39, 0.29) is 5.57 Å². The van der Waals surface area contributed by atoms with Crippen molar-refractivity contribution in [3.63, 3.8) is 0 Å². The van der Waals surface area contributed by atoms with Crippen LogP contribution in [0, 0.1) is 22.7 Å². The summed E-state index contributed by atoms with van der Waals surface area (Å²) in [4.78, 5) is 12.8. The molecule has 3 aromatic carbocycles. The molecule has 0 radical (unpaired) electrons. The Hall–Kier alpha value is -4.81. The van der Waals surface area contributed by atoms with Crippen LogP contribution >= 0.6 is 0 Å². The van der Waals surface area contributed by atoms with E-state index in [0.29, 0.717) is 30.2 Å². The third kappa shape index (κ3) is 4.82. The number of rotatable bonds is 7. The standard InChI is InChI=1S/C28H22N4O2/c1-2-34-25-13-11-24(12-14-25)31-28(33)22(17-30)15-23-19-32(27-10-6-5-9-26(23)27)18-21-8-4-3-7-20(21)16-29/h3-15,19H,2,18H2,1H3,(H,31,33)/b22-15+. The van der Waals surface area contributed by atoms with Gasteiger partial charge in [-0.05, 0) is 55.0 Å². The van der Waals surface area contributed by atoms with E-state index < -0.39 is 5.91 Å². The fraction of sp³-hybridized carbons (Fsp3) is 0.107. The van der Waals surface area contributed by atoms with Crippen molar-refractivity contribution in [2.75, 3.05) is 11.9 Å². The van der Waals surface area contributed by atoms with Gasteiger partial charge in [0.15, 0.2) is 0 Å². The summed E-state index contributed by atoms with van der Waals surface area (Å²) >= 11 is 0. The number of amides is 1. The maximum atomic E-state index is 12.8. The summed E-state index contributed by atoms with van der Waals surface area (Å²) in [5.41, 5.74) is 3.79. The van der Waals surface area contributed by atoms with Crippen LogP contribution in [0.5, 0.6) is 5.75 Å². The average Bonchev–Trinajstić information content (AvgIpc) is 3.21. The lowest BCUT2D eigenvalue weighted by Crippen LogP contribution is -2.13. The first-order valence-electron chi connectivity index (χ1n) is 10.8. The van der Waals surface area contributed by atoms with Crippen molar-refractivity contribution in [3.05, 3.63) is 101 Å². The fourth-order valence-corrected chi connectivity index (χ4v) is 3.78. The van der Waals surface area contributed by atoms with E-state index in [4.69, 9.17) is 4.74 Å². The molecular formula is C28H22N4O2. The lowest BCUT2D eigenvalue weighted by atomic mass is 10.1. The van der Waals surface area contributed by atoms with Gasteiger partial charge in [0.1, 0.15) is 17.4 Å². The zero-order valence-corrected chi connectivity index (χ0v) is 18.7. The molecule has 34 heavy (non-hydrogen) atoms. The molecule has 4 aromatic rings. The second kappa shape index (κ2) is 10.2. The Kier molecular flexibility index (Phi) is 6.72. The van der Waals surface area contributed by atoms with Crippen molar-refractivity contribution < 1.29 is 9.53 Å². The fourth-order valence-electron chi connectivity index (χ4n) is 3.78. The van der Waals surface area contributed by atoms with Crippen LogP contribution in [0.1, 0.15) is 23.6 Å². The Labute approximate surface area is 197 Å². The molecule has 6 nitrogen and oxygen atoms in total. The van der Waals surface area contributed by atoms with Crippen molar-refractivity contribution in [1.82, 2.24) is 4.57 Å². The summed E-state index contributed by atoms with van der Waals surface area (Å²) in [7, 11) is 0. The van der Waals surface area contributed by atoms with Gasteiger partial charge in [-0.25, -0.2) is 0 Å². The number of aromatic nitrogens is 1. The highest BCUT2D eigenvalue weighted by Crippen LogP contribution is 2.25. The lowest BCUT2D eigenvalue weighted by Gasteiger charge is -2.07. The number of benzene rings is 3. The van der Waals surface area contributed by atoms with Crippen molar-refractivity contribution >= 4 is 28.6 Å². The number of anilines is 1. The molecule has 6 heteroatoms. The summed E-state index contributed by atoms with van der Waals surface area (Å²) in [5, 5.41) is 22.8. The number of nitriles is 2. The molecule has 0 atom stereocenters. The number of para-hydroxylation sites is 1. The molecule has 1 amide bonds. The molecule has 0 saturated carbocycles. The van der Waals surface area contributed by atoms with Gasteiger partial charge in [-0.15, -0.1) is 0 Å². The molecule has 1 heterocycles. The number of hydrogen-bond donors (Lipinski definition) is 1. The van der Waals surface area contributed by atoms with Gasteiger partial charge in [-0.2, -0.15) is 10.5 Å². The van der Waals surface area contributed by atoms with Gasteiger partial charge < -0.3 is 14.6 Å². The van der Waals surface area contributed by atoms with Crippen molar-refractivity contribution in [1.29, 1.82) is 10.5 Å². The van der Waals surface area contributed by atoms with Crippen LogP contribution in [0.25, 0.3) is 17.0 Å². The summed E-state index contributed by atoms with van der Waals surface area (Å²) in [6.07, 6.45) is 3.50. The van der Waals surface area contributed by atoms with E-state index >= 15 is 0 Å². The number of nitrogens with one attached hydrogen (secondary N) is 1. The topological polar surface area (TPSA) is 90.8 Å². The summed E-state index contributed by atoms with van der Waals surface area (Å²) in [6, 6.07) is 26.5. The molecule has 0 spiro atoms. The quantitative estimate of drug-likeness (QED) is 0.299. The van der Waals surface area contributed by atoms with E-state index in [0.717, 1.165) is 22.0 Å². The maximum Gasteiger partial charge on any atom is 0.266 e. The maximum absolute atomic E-state index is 12.8. The van der Waals surface area contributed by atoms with Crippen LogP contribution in [-0.4, -0.2) is 17.1 Å². The van der Waals surface area contributed by atoms with Gasteiger partial charge in [0.2, 0.25) is 0 Å². The molecule has 0 bridgehead atoms. The normalized spacial score (nSPS) is 11.0. The molecule has 0 aliphatic carbocycles. The highest BCUT2D eigenvalue weighted by atomic mass is 16.5. The van der Waals surface area contributed by atoms with Gasteiger partial charge in [-0.3, -0.25) is 4.79 Å². The number of ether oxygens (including phenoxy) is 1. The Morgan fingerprint density at radius 1 is 1.03 bits per heavy atom. The third-order valence-corrected chi connectivity index (χ3v) is 5.39. The van der Waals surface area contributed by atoms with Crippen LogP contribution in [0.3, 0.4) is 0 Å². The lowest BCUT2D eigenvalue weighted by molar-refractivity contribution is -0.112. The summed E-state index contributed by atoms with van der Waals surface area (Å²) in [6.45, 7) is 2.96. The van der Waals surface area contributed by atoms with Gasteiger partial charge in [0, 0.05) is 34.9 Å². The summed E-state index contributed by atoms with van der Waals surface area (Å²) in [5.74, 6) is 0.223. The second-order valence-corrected chi connectivity index (χ2v) is 7.58. The van der Waals surface area contributed by atoms with E-state index in [9.17, 15) is 15.3 Å². The minimum Gasteiger partial charge on any atom is -0.494 e. The SMILES string of the molecule is CCOc1ccc(NC(=O)/C(C#N)=C/c2cn(Cc3ccccc3C#N)c3ccccc23)cc1. The Balaban J connectivity index is 1.64. The zero-order valence-electron chi connectivity index (χ0n) is 18.7. The molecule has 4 rings (SSSR count). The third-order valence-electron chi connectivity index (χ3n) is 5.39.